The van der Waals surface area contributed by atoms with Crippen LogP contribution in [0.1, 0.15) is 38.8 Å². The minimum Gasteiger partial charge on any atom is -0.496 e. The van der Waals surface area contributed by atoms with Crippen molar-refractivity contribution >= 4 is 17.1 Å². The number of carbonyl (C=O) groups excluding carboxylic acids is 1. The summed E-state index contributed by atoms with van der Waals surface area (Å²) in [5.74, 6) is 1.07. The smallest absolute Gasteiger partial charge is 0.182 e. The highest BCUT2D eigenvalue weighted by atomic mass is 32.1. The van der Waals surface area contributed by atoms with E-state index in [1.54, 1.807) is 18.4 Å². The van der Waals surface area contributed by atoms with Crippen molar-refractivity contribution in [1.29, 1.82) is 0 Å². The Hall–Kier alpha value is -1.68. The fraction of sp³-hybridized carbons (Fsp3) is 0.333. The molecule has 98 valence electrons. The number of para-hydroxylation sites is 1. The van der Waals surface area contributed by atoms with E-state index in [1.807, 2.05) is 24.3 Å². The Bertz CT molecular complexity index is 618. The summed E-state index contributed by atoms with van der Waals surface area (Å²) in [6.45, 7) is 0. The first-order valence-electron chi connectivity index (χ1n) is 6.41. The number of benzene rings is 1. The standard InChI is InChI=1S/C15H15NO2S/c1-18-12-7-3-2-5-10(12)9-14-16-15-11(17)6-4-8-13(15)19-14/h2-3,5,7H,4,6,8-9H2,1H3. The maximum Gasteiger partial charge on any atom is 0.182 e. The molecule has 0 saturated heterocycles. The SMILES string of the molecule is COc1ccccc1Cc1nc2c(s1)CCCC2=O. The van der Waals surface area contributed by atoms with Gasteiger partial charge in [0, 0.05) is 23.3 Å². The molecular formula is C15H15NO2S. The third kappa shape index (κ3) is 2.40. The molecule has 0 amide bonds. The second-order valence-corrected chi connectivity index (χ2v) is 5.81. The molecule has 0 saturated carbocycles. The number of hydrogen-bond acceptors (Lipinski definition) is 4. The topological polar surface area (TPSA) is 39.2 Å². The second kappa shape index (κ2) is 5.13. The summed E-state index contributed by atoms with van der Waals surface area (Å²) < 4.78 is 5.35. The summed E-state index contributed by atoms with van der Waals surface area (Å²) in [7, 11) is 1.68. The average molecular weight is 273 g/mol. The molecule has 0 radical (unpaired) electrons. The molecular weight excluding hydrogens is 258 g/mol. The van der Waals surface area contributed by atoms with Crippen LogP contribution in [-0.2, 0) is 12.8 Å². The van der Waals surface area contributed by atoms with Gasteiger partial charge in [0.2, 0.25) is 0 Å². The third-order valence-corrected chi connectivity index (χ3v) is 4.46. The first kappa shape index (κ1) is 12.4. The van der Waals surface area contributed by atoms with E-state index < -0.39 is 0 Å². The molecule has 1 aromatic carbocycles. The molecule has 0 fully saturated rings. The van der Waals surface area contributed by atoms with Crippen LogP contribution in [0.2, 0.25) is 0 Å². The van der Waals surface area contributed by atoms with Gasteiger partial charge in [0.1, 0.15) is 11.4 Å². The molecule has 1 heterocycles. The molecule has 2 aromatic rings. The van der Waals surface area contributed by atoms with Crippen LogP contribution in [0.15, 0.2) is 24.3 Å². The van der Waals surface area contributed by atoms with Crippen LogP contribution in [0.4, 0.5) is 0 Å². The largest absolute Gasteiger partial charge is 0.496 e. The molecule has 0 unspecified atom stereocenters. The Morgan fingerprint density at radius 1 is 1.32 bits per heavy atom. The number of fused-ring (bicyclic) bond motifs is 1. The van der Waals surface area contributed by atoms with Gasteiger partial charge in [0.25, 0.3) is 0 Å². The van der Waals surface area contributed by atoms with Crippen molar-refractivity contribution in [1.82, 2.24) is 4.98 Å². The van der Waals surface area contributed by atoms with Crippen LogP contribution in [0, 0.1) is 0 Å². The average Bonchev–Trinajstić information content (AvgIpc) is 2.83. The zero-order chi connectivity index (χ0) is 13.2. The minimum absolute atomic E-state index is 0.198. The highest BCUT2D eigenvalue weighted by molar-refractivity contribution is 7.12. The molecule has 0 N–H and O–H groups in total. The highest BCUT2D eigenvalue weighted by Gasteiger charge is 2.22. The lowest BCUT2D eigenvalue weighted by atomic mass is 10.0. The molecule has 0 spiro atoms. The van der Waals surface area contributed by atoms with Gasteiger partial charge in [0.15, 0.2) is 5.78 Å². The Morgan fingerprint density at radius 3 is 2.95 bits per heavy atom. The Labute approximate surface area is 116 Å². The van der Waals surface area contributed by atoms with Gasteiger partial charge in [-0.25, -0.2) is 4.98 Å². The summed E-state index contributed by atoms with van der Waals surface area (Å²) in [4.78, 5) is 17.5. The first-order chi connectivity index (χ1) is 9.28. The fourth-order valence-electron chi connectivity index (χ4n) is 2.40. The monoisotopic (exact) mass is 273 g/mol. The summed E-state index contributed by atoms with van der Waals surface area (Å²) in [5, 5.41) is 1.00. The zero-order valence-electron chi connectivity index (χ0n) is 10.8. The predicted molar refractivity (Wildman–Crippen MR) is 75.2 cm³/mol. The lowest BCUT2D eigenvalue weighted by molar-refractivity contribution is 0.0968. The van der Waals surface area contributed by atoms with Crippen molar-refractivity contribution in [3.63, 3.8) is 0 Å². The number of methoxy groups -OCH3 is 1. The maximum atomic E-state index is 11.8. The second-order valence-electron chi connectivity index (χ2n) is 4.64. The van der Waals surface area contributed by atoms with Crippen molar-refractivity contribution in [2.75, 3.05) is 7.11 Å². The van der Waals surface area contributed by atoms with E-state index in [9.17, 15) is 4.79 Å². The molecule has 4 heteroatoms. The minimum atomic E-state index is 0.198. The van der Waals surface area contributed by atoms with Crippen LogP contribution in [0.3, 0.4) is 0 Å². The number of aromatic nitrogens is 1. The predicted octanol–water partition coefficient (Wildman–Crippen LogP) is 3.26. The third-order valence-electron chi connectivity index (χ3n) is 3.35. The van der Waals surface area contributed by atoms with Gasteiger partial charge in [-0.2, -0.15) is 0 Å². The van der Waals surface area contributed by atoms with Crippen LogP contribution >= 0.6 is 11.3 Å². The van der Waals surface area contributed by atoms with Crippen molar-refractivity contribution < 1.29 is 9.53 Å². The zero-order valence-corrected chi connectivity index (χ0v) is 11.6. The summed E-state index contributed by atoms with van der Waals surface area (Å²) in [6.07, 6.45) is 3.33. The number of aryl methyl sites for hydroxylation is 1. The van der Waals surface area contributed by atoms with Gasteiger partial charge in [-0.3, -0.25) is 4.79 Å². The van der Waals surface area contributed by atoms with Crippen LogP contribution in [0.25, 0.3) is 0 Å². The Kier molecular flexibility index (Phi) is 3.34. The molecule has 3 rings (SSSR count). The lowest BCUT2D eigenvalue weighted by Gasteiger charge is -2.06. The molecule has 0 aliphatic heterocycles. The Morgan fingerprint density at radius 2 is 2.16 bits per heavy atom. The van der Waals surface area contributed by atoms with E-state index in [1.165, 1.54) is 0 Å². The first-order valence-corrected chi connectivity index (χ1v) is 7.23. The van der Waals surface area contributed by atoms with E-state index >= 15 is 0 Å². The quantitative estimate of drug-likeness (QED) is 0.861. The van der Waals surface area contributed by atoms with E-state index in [0.717, 1.165) is 40.5 Å². The summed E-state index contributed by atoms with van der Waals surface area (Å²) in [6, 6.07) is 7.95. The molecule has 19 heavy (non-hydrogen) atoms. The number of rotatable bonds is 3. The molecule has 3 nitrogen and oxygen atoms in total. The van der Waals surface area contributed by atoms with Crippen molar-refractivity contribution in [2.45, 2.75) is 25.7 Å². The van der Waals surface area contributed by atoms with Gasteiger partial charge >= 0.3 is 0 Å². The number of nitrogens with zero attached hydrogens (tertiary/aromatic N) is 1. The van der Waals surface area contributed by atoms with Gasteiger partial charge in [-0.1, -0.05) is 18.2 Å². The number of carbonyl (C=O) groups is 1. The number of thiazole rings is 1. The van der Waals surface area contributed by atoms with Gasteiger partial charge in [0.05, 0.1) is 12.1 Å². The molecule has 1 aliphatic rings. The number of hydrogen-bond donors (Lipinski definition) is 0. The highest BCUT2D eigenvalue weighted by Crippen LogP contribution is 2.29. The molecule has 0 bridgehead atoms. The maximum absolute atomic E-state index is 11.8. The van der Waals surface area contributed by atoms with E-state index in [2.05, 4.69) is 4.98 Å². The normalized spacial score (nSPS) is 14.3. The van der Waals surface area contributed by atoms with Crippen LogP contribution < -0.4 is 4.74 Å². The van der Waals surface area contributed by atoms with Crippen LogP contribution in [0.5, 0.6) is 5.75 Å². The number of Topliss-reactive ketones (excluding diaryl/α,β-unsaturated/α-hetero) is 1. The molecule has 0 atom stereocenters. The van der Waals surface area contributed by atoms with Gasteiger partial charge in [-0.05, 0) is 18.9 Å². The number of ketones is 1. The van der Waals surface area contributed by atoms with Crippen molar-refractivity contribution in [3.05, 3.63) is 45.4 Å². The van der Waals surface area contributed by atoms with E-state index in [0.29, 0.717) is 12.1 Å². The summed E-state index contributed by atoms with van der Waals surface area (Å²) in [5.41, 5.74) is 1.82. The number of ether oxygens (including phenoxy) is 1. The molecule has 1 aliphatic carbocycles. The van der Waals surface area contributed by atoms with Crippen LogP contribution in [-0.4, -0.2) is 17.9 Å². The molecule has 1 aromatic heterocycles. The fourth-order valence-corrected chi connectivity index (χ4v) is 3.55. The Balaban J connectivity index is 1.90. The van der Waals surface area contributed by atoms with Crippen molar-refractivity contribution in [2.24, 2.45) is 0 Å². The van der Waals surface area contributed by atoms with E-state index in [-0.39, 0.29) is 5.78 Å². The van der Waals surface area contributed by atoms with Gasteiger partial charge in [-0.15, -0.1) is 11.3 Å². The lowest BCUT2D eigenvalue weighted by Crippen LogP contribution is -2.08. The van der Waals surface area contributed by atoms with Crippen molar-refractivity contribution in [3.8, 4) is 5.75 Å². The van der Waals surface area contributed by atoms with E-state index in [4.69, 9.17) is 4.74 Å². The van der Waals surface area contributed by atoms with Gasteiger partial charge < -0.3 is 4.74 Å². The summed E-state index contributed by atoms with van der Waals surface area (Å²) >= 11 is 1.67.